The summed E-state index contributed by atoms with van der Waals surface area (Å²) in [6, 6.07) is 4.39. The van der Waals surface area contributed by atoms with Crippen molar-refractivity contribution in [2.24, 2.45) is 32.9 Å². The molecule has 0 spiro atoms. The van der Waals surface area contributed by atoms with E-state index in [-0.39, 0.29) is 24.0 Å². The van der Waals surface area contributed by atoms with Crippen molar-refractivity contribution >= 4 is 23.6 Å². The Morgan fingerprint density at radius 3 is 2.28 bits per heavy atom. The fourth-order valence-corrected chi connectivity index (χ4v) is 1.28. The minimum atomic E-state index is -1.09. The predicted octanol–water partition coefficient (Wildman–Crippen LogP) is -0.937. The summed E-state index contributed by atoms with van der Waals surface area (Å²) in [7, 11) is 0. The molecule has 0 heterocycles. The minimum absolute atomic E-state index is 0.0540. The maximum absolute atomic E-state index is 10.9. The first kappa shape index (κ1) is 13.3. The van der Waals surface area contributed by atoms with E-state index in [0.717, 1.165) is 0 Å². The Morgan fingerprint density at radius 2 is 1.78 bits per heavy atom. The first-order valence-corrected chi connectivity index (χ1v) is 4.91. The molecule has 0 atom stereocenters. The van der Waals surface area contributed by atoms with Gasteiger partial charge >= 0.3 is 5.97 Å². The molecule has 1 rings (SSSR count). The Bertz CT molecular complexity index is 515. The Morgan fingerprint density at radius 1 is 1.11 bits per heavy atom. The molecule has 96 valence electrons. The lowest BCUT2D eigenvalue weighted by molar-refractivity contribution is 0.0697. The number of carbonyl (C=O) groups is 1. The zero-order chi connectivity index (χ0) is 13.7. The number of hydrogen-bond donors (Lipinski definition) is 5. The van der Waals surface area contributed by atoms with Crippen LogP contribution in [-0.2, 0) is 6.54 Å². The van der Waals surface area contributed by atoms with Crippen LogP contribution in [0.4, 0.5) is 5.69 Å². The van der Waals surface area contributed by atoms with E-state index in [1.54, 1.807) is 6.07 Å². The molecular weight excluding hydrogens is 236 g/mol. The molecule has 1 aromatic carbocycles. The van der Waals surface area contributed by atoms with Gasteiger partial charge < -0.3 is 28.0 Å². The van der Waals surface area contributed by atoms with Gasteiger partial charge in [-0.25, -0.2) is 14.8 Å². The van der Waals surface area contributed by atoms with Gasteiger partial charge in [0.25, 0.3) is 0 Å². The Kier molecular flexibility index (Phi) is 4.08. The lowest BCUT2D eigenvalue weighted by atomic mass is 10.1. The van der Waals surface area contributed by atoms with E-state index in [0.29, 0.717) is 11.3 Å². The van der Waals surface area contributed by atoms with Gasteiger partial charge in [-0.3, -0.25) is 0 Å². The van der Waals surface area contributed by atoms with Crippen molar-refractivity contribution in [3.05, 3.63) is 29.3 Å². The molecule has 0 radical (unpaired) electrons. The highest BCUT2D eigenvalue weighted by molar-refractivity contribution is 5.89. The third-order valence-corrected chi connectivity index (χ3v) is 1.93. The van der Waals surface area contributed by atoms with Crippen molar-refractivity contribution < 1.29 is 9.90 Å². The summed E-state index contributed by atoms with van der Waals surface area (Å²) in [4.78, 5) is 18.5. The largest absolute Gasteiger partial charge is 0.478 e. The highest BCUT2D eigenvalue weighted by Gasteiger charge is 2.07. The van der Waals surface area contributed by atoms with Crippen molar-refractivity contribution in [2.45, 2.75) is 6.54 Å². The number of guanidine groups is 2. The van der Waals surface area contributed by atoms with Crippen LogP contribution < -0.4 is 22.9 Å². The maximum Gasteiger partial charge on any atom is 0.335 e. The molecule has 0 unspecified atom stereocenters. The first-order valence-electron chi connectivity index (χ1n) is 4.91. The van der Waals surface area contributed by atoms with Crippen LogP contribution in [0.2, 0.25) is 0 Å². The zero-order valence-electron chi connectivity index (χ0n) is 9.50. The van der Waals surface area contributed by atoms with Crippen LogP contribution in [0.25, 0.3) is 0 Å². The number of hydrogen-bond acceptors (Lipinski definition) is 3. The summed E-state index contributed by atoms with van der Waals surface area (Å²) >= 11 is 0. The number of aromatic carboxylic acids is 1. The monoisotopic (exact) mass is 250 g/mol. The molecule has 0 saturated carbocycles. The molecular formula is C10H14N6O2. The van der Waals surface area contributed by atoms with Crippen LogP contribution in [0.1, 0.15) is 15.9 Å². The number of rotatable bonds is 4. The second kappa shape index (κ2) is 5.53. The summed E-state index contributed by atoms with van der Waals surface area (Å²) in [5, 5.41) is 8.95. The standard InChI is InChI=1S/C10H14N6O2/c11-9(12)15-4-5-1-6(8(17)18)3-7(2-5)16-10(13)14/h1-3H,4H2,(H,17,18)(H4,11,12,15)(H4,13,14,16). The Labute approximate surface area is 103 Å². The molecule has 8 heteroatoms. The molecule has 0 saturated heterocycles. The maximum atomic E-state index is 10.9. The molecule has 0 aliphatic rings. The van der Waals surface area contributed by atoms with Crippen LogP contribution >= 0.6 is 0 Å². The van der Waals surface area contributed by atoms with Crippen LogP contribution in [-0.4, -0.2) is 23.0 Å². The summed E-state index contributed by atoms with van der Waals surface area (Å²) < 4.78 is 0. The van der Waals surface area contributed by atoms with E-state index in [1.165, 1.54) is 12.1 Å². The first-order chi connectivity index (χ1) is 8.38. The third-order valence-electron chi connectivity index (χ3n) is 1.93. The molecule has 8 nitrogen and oxygen atoms in total. The van der Waals surface area contributed by atoms with E-state index in [2.05, 4.69) is 9.98 Å². The smallest absolute Gasteiger partial charge is 0.335 e. The van der Waals surface area contributed by atoms with E-state index in [4.69, 9.17) is 28.0 Å². The van der Waals surface area contributed by atoms with Crippen LogP contribution in [0, 0.1) is 0 Å². The molecule has 0 aliphatic carbocycles. The molecule has 18 heavy (non-hydrogen) atoms. The summed E-state index contributed by atoms with van der Waals surface area (Å²) in [5.74, 6) is -1.34. The lowest BCUT2D eigenvalue weighted by Crippen LogP contribution is -2.22. The highest BCUT2D eigenvalue weighted by Crippen LogP contribution is 2.18. The SMILES string of the molecule is NC(N)=NCc1cc(N=C(N)N)cc(C(=O)O)c1. The van der Waals surface area contributed by atoms with E-state index in [1.807, 2.05) is 0 Å². The fraction of sp³-hybridized carbons (Fsp3) is 0.100. The Hall–Kier alpha value is -2.77. The average molecular weight is 250 g/mol. The molecule has 0 aromatic heterocycles. The quantitative estimate of drug-likeness (QED) is 0.341. The van der Waals surface area contributed by atoms with E-state index < -0.39 is 5.97 Å². The molecule has 1 aromatic rings. The van der Waals surface area contributed by atoms with Gasteiger partial charge in [-0.15, -0.1) is 0 Å². The topological polar surface area (TPSA) is 166 Å². The normalized spacial score (nSPS) is 9.56. The van der Waals surface area contributed by atoms with Crippen molar-refractivity contribution in [1.29, 1.82) is 0 Å². The van der Waals surface area contributed by atoms with Gasteiger partial charge in [-0.2, -0.15) is 0 Å². The lowest BCUT2D eigenvalue weighted by Gasteiger charge is -2.03. The number of benzene rings is 1. The van der Waals surface area contributed by atoms with Crippen molar-refractivity contribution in [2.75, 3.05) is 0 Å². The summed E-state index contributed by atoms with van der Waals surface area (Å²) in [6.07, 6.45) is 0. The highest BCUT2D eigenvalue weighted by atomic mass is 16.4. The van der Waals surface area contributed by atoms with Crippen LogP contribution in [0.15, 0.2) is 28.2 Å². The van der Waals surface area contributed by atoms with Gasteiger partial charge in [0.1, 0.15) is 0 Å². The fourth-order valence-electron chi connectivity index (χ4n) is 1.28. The van der Waals surface area contributed by atoms with Gasteiger partial charge in [0.2, 0.25) is 0 Å². The molecule has 0 amide bonds. The second-order valence-corrected chi connectivity index (χ2v) is 3.47. The molecule has 0 fully saturated rings. The predicted molar refractivity (Wildman–Crippen MR) is 68.4 cm³/mol. The number of nitrogens with two attached hydrogens (primary N) is 4. The molecule has 0 bridgehead atoms. The van der Waals surface area contributed by atoms with Gasteiger partial charge in [0.05, 0.1) is 17.8 Å². The van der Waals surface area contributed by atoms with Crippen molar-refractivity contribution in [1.82, 2.24) is 0 Å². The van der Waals surface area contributed by atoms with Crippen molar-refractivity contribution in [3.63, 3.8) is 0 Å². The van der Waals surface area contributed by atoms with Gasteiger partial charge in [-0.1, -0.05) is 0 Å². The number of carboxylic acids is 1. The van der Waals surface area contributed by atoms with Gasteiger partial charge in [0.15, 0.2) is 11.9 Å². The average Bonchev–Trinajstić information content (AvgIpc) is 2.25. The second-order valence-electron chi connectivity index (χ2n) is 3.47. The van der Waals surface area contributed by atoms with Gasteiger partial charge in [0, 0.05) is 0 Å². The minimum Gasteiger partial charge on any atom is -0.478 e. The number of carboxylic acid groups (broad SMARTS) is 1. The van der Waals surface area contributed by atoms with Crippen molar-refractivity contribution in [3.8, 4) is 0 Å². The van der Waals surface area contributed by atoms with Crippen LogP contribution in [0.3, 0.4) is 0 Å². The number of aliphatic imine (C=N–C) groups is 2. The van der Waals surface area contributed by atoms with E-state index in [9.17, 15) is 4.79 Å². The number of nitrogens with zero attached hydrogens (tertiary/aromatic N) is 2. The zero-order valence-corrected chi connectivity index (χ0v) is 9.50. The third kappa shape index (κ3) is 4.00. The molecule has 9 N–H and O–H groups in total. The Balaban J connectivity index is 3.18. The molecule has 0 aliphatic heterocycles. The van der Waals surface area contributed by atoms with Gasteiger partial charge in [-0.05, 0) is 23.8 Å². The summed E-state index contributed by atoms with van der Waals surface area (Å²) in [5.41, 5.74) is 21.8. The van der Waals surface area contributed by atoms with Crippen LogP contribution in [0.5, 0.6) is 0 Å². The summed E-state index contributed by atoms with van der Waals surface area (Å²) in [6.45, 7) is 0.149. The van der Waals surface area contributed by atoms with E-state index >= 15 is 0 Å².